The third-order valence-electron chi connectivity index (χ3n) is 3.92. The normalized spacial score (nSPS) is 10.4. The third kappa shape index (κ3) is 5.24. The Bertz CT molecular complexity index is 937. The van der Waals surface area contributed by atoms with Crippen LogP contribution in [0.2, 0.25) is 0 Å². The second kappa shape index (κ2) is 8.60. The van der Waals surface area contributed by atoms with E-state index in [1.807, 2.05) is 50.2 Å². The van der Waals surface area contributed by atoms with Crippen LogP contribution in [0, 0.1) is 13.8 Å². The molecule has 1 heterocycles. The summed E-state index contributed by atoms with van der Waals surface area (Å²) in [5, 5.41) is 11.4. The van der Waals surface area contributed by atoms with E-state index in [9.17, 15) is 9.59 Å². The fraction of sp³-hybridized carbons (Fsp3) is 0.143. The van der Waals surface area contributed by atoms with Gasteiger partial charge in [-0.3, -0.25) is 9.59 Å². The summed E-state index contributed by atoms with van der Waals surface area (Å²) in [6, 6.07) is 18.2. The summed E-state index contributed by atoms with van der Waals surface area (Å²) in [6.45, 7) is 3.95. The van der Waals surface area contributed by atoms with Crippen LogP contribution >= 0.6 is 11.8 Å². The summed E-state index contributed by atoms with van der Waals surface area (Å²) in [5.41, 5.74) is 3.45. The number of aromatic nitrogens is 2. The molecule has 0 fully saturated rings. The van der Waals surface area contributed by atoms with Crippen LogP contribution in [0.1, 0.15) is 31.8 Å². The number of thioether (sulfide) groups is 1. The summed E-state index contributed by atoms with van der Waals surface area (Å²) in [7, 11) is 0. The van der Waals surface area contributed by atoms with Gasteiger partial charge in [0.25, 0.3) is 5.91 Å². The molecular weight excluding hydrogens is 358 g/mol. The highest BCUT2D eigenvalue weighted by Crippen LogP contribution is 2.18. The number of carbonyl (C=O) groups is 2. The minimum absolute atomic E-state index is 0.0403. The van der Waals surface area contributed by atoms with Crippen molar-refractivity contribution in [1.29, 1.82) is 0 Å². The molecular formula is C21H19N3O2S. The molecule has 5 nitrogen and oxygen atoms in total. The first-order chi connectivity index (χ1) is 13.0. The molecule has 0 aliphatic carbocycles. The van der Waals surface area contributed by atoms with Crippen molar-refractivity contribution in [1.82, 2.24) is 10.2 Å². The first kappa shape index (κ1) is 18.8. The predicted molar refractivity (Wildman–Crippen MR) is 107 cm³/mol. The zero-order chi connectivity index (χ0) is 19.2. The molecule has 0 unspecified atom stereocenters. The number of amides is 1. The van der Waals surface area contributed by atoms with Gasteiger partial charge in [0.1, 0.15) is 5.03 Å². The zero-order valence-corrected chi connectivity index (χ0v) is 15.9. The maximum atomic E-state index is 12.2. The molecule has 1 N–H and O–H groups in total. The number of carbonyl (C=O) groups excluding carboxylic acids is 2. The number of hydrogen-bond donors (Lipinski definition) is 1. The number of anilines is 1. The Balaban J connectivity index is 1.55. The Hall–Kier alpha value is -2.99. The Labute approximate surface area is 162 Å². The van der Waals surface area contributed by atoms with Crippen LogP contribution in [-0.4, -0.2) is 27.6 Å². The van der Waals surface area contributed by atoms with Crippen LogP contribution in [0.15, 0.2) is 65.7 Å². The quantitative estimate of drug-likeness (QED) is 0.512. The van der Waals surface area contributed by atoms with Crippen LogP contribution in [0.4, 0.5) is 5.82 Å². The highest BCUT2D eigenvalue weighted by Gasteiger charge is 2.09. The molecule has 2 aromatic carbocycles. The van der Waals surface area contributed by atoms with E-state index in [1.165, 1.54) is 11.8 Å². The molecule has 1 amide bonds. The van der Waals surface area contributed by atoms with Crippen LogP contribution in [-0.2, 0) is 0 Å². The molecule has 6 heteroatoms. The van der Waals surface area contributed by atoms with Gasteiger partial charge >= 0.3 is 0 Å². The number of rotatable bonds is 6. The Kier molecular flexibility index (Phi) is 5.98. The smallest absolute Gasteiger partial charge is 0.256 e. The lowest BCUT2D eigenvalue weighted by Gasteiger charge is -2.05. The molecule has 0 aliphatic heterocycles. The topological polar surface area (TPSA) is 72.0 Å². The van der Waals surface area contributed by atoms with Gasteiger partial charge in [-0.05, 0) is 38.1 Å². The summed E-state index contributed by atoms with van der Waals surface area (Å²) < 4.78 is 0. The molecule has 27 heavy (non-hydrogen) atoms. The van der Waals surface area contributed by atoms with E-state index in [-0.39, 0.29) is 17.4 Å². The van der Waals surface area contributed by atoms with Crippen molar-refractivity contribution in [2.45, 2.75) is 18.9 Å². The lowest BCUT2D eigenvalue weighted by atomic mass is 10.1. The van der Waals surface area contributed by atoms with Crippen LogP contribution in [0.5, 0.6) is 0 Å². The van der Waals surface area contributed by atoms with Gasteiger partial charge in [0.2, 0.25) is 0 Å². The average Bonchev–Trinajstić information content (AvgIpc) is 2.68. The summed E-state index contributed by atoms with van der Waals surface area (Å²) in [4.78, 5) is 24.4. The van der Waals surface area contributed by atoms with E-state index in [0.717, 1.165) is 11.1 Å². The fourth-order valence-electron chi connectivity index (χ4n) is 2.32. The van der Waals surface area contributed by atoms with E-state index in [2.05, 4.69) is 15.5 Å². The van der Waals surface area contributed by atoms with Crippen molar-refractivity contribution in [3.05, 3.63) is 82.9 Å². The largest absolute Gasteiger partial charge is 0.305 e. The summed E-state index contributed by atoms with van der Waals surface area (Å²) in [6.07, 6.45) is 0. The molecule has 0 radical (unpaired) electrons. The van der Waals surface area contributed by atoms with Crippen molar-refractivity contribution >= 4 is 29.3 Å². The van der Waals surface area contributed by atoms with E-state index in [1.54, 1.807) is 24.3 Å². The Morgan fingerprint density at radius 3 is 1.96 bits per heavy atom. The molecule has 3 aromatic rings. The summed E-state index contributed by atoms with van der Waals surface area (Å²) >= 11 is 1.32. The second-order valence-electron chi connectivity index (χ2n) is 6.15. The first-order valence-corrected chi connectivity index (χ1v) is 9.44. The zero-order valence-electron chi connectivity index (χ0n) is 15.1. The van der Waals surface area contributed by atoms with Crippen LogP contribution in [0.3, 0.4) is 0 Å². The molecule has 0 saturated heterocycles. The SMILES string of the molecule is Cc1ccc(C(=O)CSc2ccc(NC(=O)c3ccc(C)cc3)nn2)cc1. The van der Waals surface area contributed by atoms with Gasteiger partial charge in [0.15, 0.2) is 11.6 Å². The molecule has 136 valence electrons. The molecule has 0 aliphatic rings. The van der Waals surface area contributed by atoms with E-state index < -0.39 is 0 Å². The lowest BCUT2D eigenvalue weighted by Crippen LogP contribution is -2.13. The maximum Gasteiger partial charge on any atom is 0.256 e. The van der Waals surface area contributed by atoms with Gasteiger partial charge < -0.3 is 5.32 Å². The monoisotopic (exact) mass is 377 g/mol. The molecule has 0 spiro atoms. The highest BCUT2D eigenvalue weighted by atomic mass is 32.2. The average molecular weight is 377 g/mol. The van der Waals surface area contributed by atoms with Crippen LogP contribution < -0.4 is 5.32 Å². The van der Waals surface area contributed by atoms with Crippen molar-refractivity contribution in [3.8, 4) is 0 Å². The highest BCUT2D eigenvalue weighted by molar-refractivity contribution is 7.99. The Morgan fingerprint density at radius 1 is 0.815 bits per heavy atom. The second-order valence-corrected chi connectivity index (χ2v) is 7.15. The summed E-state index contributed by atoms with van der Waals surface area (Å²) in [5.74, 6) is 0.458. The van der Waals surface area contributed by atoms with E-state index >= 15 is 0 Å². The minimum Gasteiger partial charge on any atom is -0.305 e. The van der Waals surface area contributed by atoms with Gasteiger partial charge in [0, 0.05) is 11.1 Å². The third-order valence-corrected chi connectivity index (χ3v) is 4.84. The number of benzene rings is 2. The number of aryl methyl sites for hydroxylation is 2. The molecule has 0 bridgehead atoms. The van der Waals surface area contributed by atoms with Crippen molar-refractivity contribution < 1.29 is 9.59 Å². The number of hydrogen-bond acceptors (Lipinski definition) is 5. The van der Waals surface area contributed by atoms with Gasteiger partial charge in [0.05, 0.1) is 5.75 Å². The number of Topliss-reactive ketones (excluding diaryl/α,β-unsaturated/α-hetero) is 1. The predicted octanol–water partition coefficient (Wildman–Crippen LogP) is 4.32. The van der Waals surface area contributed by atoms with E-state index in [4.69, 9.17) is 0 Å². The number of nitrogens with one attached hydrogen (secondary N) is 1. The molecule has 3 rings (SSSR count). The maximum absolute atomic E-state index is 12.2. The number of nitrogens with zero attached hydrogens (tertiary/aromatic N) is 2. The van der Waals surface area contributed by atoms with Gasteiger partial charge in [-0.1, -0.05) is 59.3 Å². The number of ketones is 1. The van der Waals surface area contributed by atoms with Gasteiger partial charge in [-0.15, -0.1) is 10.2 Å². The first-order valence-electron chi connectivity index (χ1n) is 8.46. The molecule has 0 atom stereocenters. The standard InChI is InChI=1S/C21H19N3O2S/c1-14-3-7-16(8-4-14)18(25)13-27-20-12-11-19(23-24-20)22-21(26)17-9-5-15(2)6-10-17/h3-12H,13H2,1-2H3,(H,22,23,26). The van der Waals surface area contributed by atoms with Gasteiger partial charge in [-0.2, -0.15) is 0 Å². The Morgan fingerprint density at radius 2 is 1.41 bits per heavy atom. The minimum atomic E-state index is -0.237. The molecule has 1 aromatic heterocycles. The van der Waals surface area contributed by atoms with Gasteiger partial charge in [-0.25, -0.2) is 0 Å². The van der Waals surface area contributed by atoms with Crippen molar-refractivity contribution in [2.24, 2.45) is 0 Å². The van der Waals surface area contributed by atoms with Crippen molar-refractivity contribution in [3.63, 3.8) is 0 Å². The van der Waals surface area contributed by atoms with Crippen LogP contribution in [0.25, 0.3) is 0 Å². The van der Waals surface area contributed by atoms with Crippen molar-refractivity contribution in [2.75, 3.05) is 11.1 Å². The fourth-order valence-corrected chi connectivity index (χ4v) is 3.03. The van der Waals surface area contributed by atoms with E-state index in [0.29, 0.717) is 22.0 Å². The lowest BCUT2D eigenvalue weighted by molar-refractivity contribution is 0.101. The molecule has 0 saturated carbocycles.